The maximum absolute atomic E-state index is 13.2. The fourth-order valence-electron chi connectivity index (χ4n) is 4.39. The summed E-state index contributed by atoms with van der Waals surface area (Å²) in [5.41, 5.74) is 2.92. The van der Waals surface area contributed by atoms with Gasteiger partial charge in [-0.05, 0) is 23.6 Å². The van der Waals surface area contributed by atoms with Crippen LogP contribution in [-0.4, -0.2) is 23.8 Å². The van der Waals surface area contributed by atoms with E-state index in [-0.39, 0.29) is 11.2 Å². The van der Waals surface area contributed by atoms with E-state index < -0.39 is 12.0 Å². The number of para-hydroxylation sites is 3. The van der Waals surface area contributed by atoms with Crippen molar-refractivity contribution >= 4 is 28.9 Å². The molecule has 1 aromatic heterocycles. The number of nitrogens with zero attached hydrogens (tertiary/aromatic N) is 2. The molecule has 31 heavy (non-hydrogen) atoms. The Bertz CT molecular complexity index is 1190. The Morgan fingerprint density at radius 2 is 1.94 bits per heavy atom. The highest BCUT2D eigenvalue weighted by Crippen LogP contribution is 2.44. The van der Waals surface area contributed by atoms with Gasteiger partial charge < -0.3 is 14.5 Å². The summed E-state index contributed by atoms with van der Waals surface area (Å²) in [5.74, 6) is 0.959. The molecule has 1 aliphatic carbocycles. The summed E-state index contributed by atoms with van der Waals surface area (Å²) in [6.45, 7) is 4.13. The lowest BCUT2D eigenvalue weighted by molar-refractivity contribution is -0.124. The van der Waals surface area contributed by atoms with Crippen LogP contribution in [0.4, 0.5) is 6.01 Å². The molecule has 3 aromatic rings. The van der Waals surface area contributed by atoms with Crippen molar-refractivity contribution in [1.82, 2.24) is 10.3 Å². The van der Waals surface area contributed by atoms with Crippen LogP contribution in [-0.2, 0) is 4.79 Å². The van der Waals surface area contributed by atoms with Gasteiger partial charge in [0.25, 0.3) is 0 Å². The van der Waals surface area contributed by atoms with Gasteiger partial charge in [-0.25, -0.2) is 4.99 Å². The van der Waals surface area contributed by atoms with E-state index in [1.54, 1.807) is 7.11 Å². The molecule has 158 valence electrons. The van der Waals surface area contributed by atoms with Gasteiger partial charge in [0, 0.05) is 17.7 Å². The second kappa shape index (κ2) is 7.27. The average Bonchev–Trinajstić information content (AvgIpc) is 3.14. The SMILES string of the molecule is COc1ccccc1[C@@H]1N=C(Nc2nc3ccccc3o2)NC2=CC(C)(C)CC(=O)[C@H]21. The topological polar surface area (TPSA) is 88.8 Å². The van der Waals surface area contributed by atoms with Crippen LogP contribution in [0.15, 0.2) is 69.7 Å². The number of carbonyl (C=O) groups excluding carboxylic acids is 1. The maximum atomic E-state index is 13.2. The number of benzene rings is 2. The summed E-state index contributed by atoms with van der Waals surface area (Å²) < 4.78 is 11.4. The van der Waals surface area contributed by atoms with Gasteiger partial charge in [-0.15, -0.1) is 0 Å². The molecular formula is C24H24N4O3. The van der Waals surface area contributed by atoms with Crippen LogP contribution in [0.3, 0.4) is 0 Å². The number of ketones is 1. The molecule has 2 aliphatic rings. The lowest BCUT2D eigenvalue weighted by Crippen LogP contribution is -2.46. The number of Topliss-reactive ketones (excluding diaryl/α,β-unsaturated/α-hetero) is 1. The van der Waals surface area contributed by atoms with Crippen molar-refractivity contribution in [2.24, 2.45) is 16.3 Å². The first kappa shape index (κ1) is 19.4. The maximum Gasteiger partial charge on any atom is 0.302 e. The number of fused-ring (bicyclic) bond motifs is 2. The van der Waals surface area contributed by atoms with Gasteiger partial charge in [-0.2, -0.15) is 4.98 Å². The zero-order valence-electron chi connectivity index (χ0n) is 17.7. The van der Waals surface area contributed by atoms with Gasteiger partial charge >= 0.3 is 6.01 Å². The number of hydrogen-bond donors (Lipinski definition) is 2. The standard InChI is InChI=1S/C24H24N4O3/c1-24(2)12-16-20(17(29)13-24)21(14-8-4-6-10-18(14)30-3)27-22(25-16)28-23-26-15-9-5-7-11-19(15)31-23/h4-12,20-21H,13H2,1-3H3,(H2,25,26,27,28)/t20-,21-/m0/s1. The summed E-state index contributed by atoms with van der Waals surface area (Å²) >= 11 is 0. The quantitative estimate of drug-likeness (QED) is 0.656. The summed E-state index contributed by atoms with van der Waals surface area (Å²) in [5, 5.41) is 6.46. The van der Waals surface area contributed by atoms with Crippen LogP contribution in [0.25, 0.3) is 11.1 Å². The molecule has 0 fully saturated rings. The molecule has 7 heteroatoms. The van der Waals surface area contributed by atoms with Crippen molar-refractivity contribution in [1.29, 1.82) is 0 Å². The number of nitrogens with one attached hydrogen (secondary N) is 2. The highest BCUT2D eigenvalue weighted by atomic mass is 16.5. The number of aliphatic imine (C=N–C) groups is 1. The number of anilines is 1. The predicted octanol–water partition coefficient (Wildman–Crippen LogP) is 4.45. The van der Waals surface area contributed by atoms with Gasteiger partial charge in [-0.1, -0.05) is 50.3 Å². The zero-order valence-corrected chi connectivity index (χ0v) is 17.7. The van der Waals surface area contributed by atoms with E-state index >= 15 is 0 Å². The second-order valence-electron chi connectivity index (χ2n) is 8.61. The first-order chi connectivity index (χ1) is 14.9. The number of allylic oxidation sites excluding steroid dienone is 1. The van der Waals surface area contributed by atoms with E-state index in [4.69, 9.17) is 14.1 Å². The van der Waals surface area contributed by atoms with Gasteiger partial charge in [0.2, 0.25) is 5.96 Å². The summed E-state index contributed by atoms with van der Waals surface area (Å²) in [7, 11) is 1.63. The highest BCUT2D eigenvalue weighted by molar-refractivity contribution is 5.98. The monoisotopic (exact) mass is 416 g/mol. The van der Waals surface area contributed by atoms with Crippen molar-refractivity contribution in [3.05, 3.63) is 65.9 Å². The summed E-state index contributed by atoms with van der Waals surface area (Å²) in [6.07, 6.45) is 2.60. The Hall–Kier alpha value is -3.61. The number of methoxy groups -OCH3 is 1. The Labute approximate surface area is 180 Å². The van der Waals surface area contributed by atoms with Crippen molar-refractivity contribution in [2.75, 3.05) is 12.4 Å². The van der Waals surface area contributed by atoms with Crippen molar-refractivity contribution in [2.45, 2.75) is 26.3 Å². The molecule has 7 nitrogen and oxygen atoms in total. The van der Waals surface area contributed by atoms with Crippen molar-refractivity contribution < 1.29 is 13.9 Å². The largest absolute Gasteiger partial charge is 0.496 e. The number of rotatable bonds is 3. The molecule has 2 N–H and O–H groups in total. The van der Waals surface area contributed by atoms with Crippen molar-refractivity contribution in [3.63, 3.8) is 0 Å². The van der Waals surface area contributed by atoms with Crippen LogP contribution in [0.1, 0.15) is 31.9 Å². The molecular weight excluding hydrogens is 392 g/mol. The molecule has 2 heterocycles. The lowest BCUT2D eigenvalue weighted by atomic mass is 9.72. The van der Waals surface area contributed by atoms with Crippen LogP contribution < -0.4 is 15.4 Å². The Morgan fingerprint density at radius 1 is 1.16 bits per heavy atom. The minimum Gasteiger partial charge on any atom is -0.496 e. The molecule has 0 saturated heterocycles. The Balaban J connectivity index is 1.58. The van der Waals surface area contributed by atoms with E-state index in [1.807, 2.05) is 48.5 Å². The van der Waals surface area contributed by atoms with E-state index in [2.05, 4.69) is 35.5 Å². The molecule has 0 spiro atoms. The first-order valence-electron chi connectivity index (χ1n) is 10.3. The number of aromatic nitrogens is 1. The summed E-state index contributed by atoms with van der Waals surface area (Å²) in [6, 6.07) is 15.2. The fraction of sp³-hybridized carbons (Fsp3) is 0.292. The van der Waals surface area contributed by atoms with Crippen LogP contribution >= 0.6 is 0 Å². The number of guanidine groups is 1. The van der Waals surface area contributed by atoms with E-state index in [1.165, 1.54) is 0 Å². The number of hydrogen-bond acceptors (Lipinski definition) is 7. The first-order valence-corrected chi connectivity index (χ1v) is 10.3. The van der Waals surface area contributed by atoms with Crippen LogP contribution in [0.5, 0.6) is 5.75 Å². The number of carbonyl (C=O) groups is 1. The highest BCUT2D eigenvalue weighted by Gasteiger charge is 2.43. The third-order valence-electron chi connectivity index (χ3n) is 5.68. The smallest absolute Gasteiger partial charge is 0.302 e. The van der Waals surface area contributed by atoms with Gasteiger partial charge in [0.1, 0.15) is 17.0 Å². The molecule has 5 rings (SSSR count). The average molecular weight is 416 g/mol. The molecule has 0 unspecified atom stereocenters. The van der Waals surface area contributed by atoms with E-state index in [9.17, 15) is 4.79 Å². The number of oxazole rings is 1. The molecule has 0 amide bonds. The molecule has 0 bridgehead atoms. The molecule has 0 radical (unpaired) electrons. The minimum absolute atomic E-state index is 0.163. The zero-order chi connectivity index (χ0) is 21.6. The van der Waals surface area contributed by atoms with E-state index in [0.717, 1.165) is 16.8 Å². The Kier molecular flexibility index (Phi) is 4.54. The Morgan fingerprint density at radius 3 is 2.74 bits per heavy atom. The van der Waals surface area contributed by atoms with E-state index in [0.29, 0.717) is 29.7 Å². The summed E-state index contributed by atoms with van der Waals surface area (Å²) in [4.78, 5) is 22.5. The third kappa shape index (κ3) is 3.56. The molecule has 2 aromatic carbocycles. The normalized spacial score (nSPS) is 22.2. The molecule has 1 aliphatic heterocycles. The number of ether oxygens (including phenoxy) is 1. The fourth-order valence-corrected chi connectivity index (χ4v) is 4.39. The second-order valence-corrected chi connectivity index (χ2v) is 8.61. The molecule has 0 saturated carbocycles. The lowest BCUT2D eigenvalue weighted by Gasteiger charge is -2.38. The van der Waals surface area contributed by atoms with Crippen LogP contribution in [0.2, 0.25) is 0 Å². The molecule has 2 atom stereocenters. The third-order valence-corrected chi connectivity index (χ3v) is 5.68. The van der Waals surface area contributed by atoms with Gasteiger partial charge in [-0.3, -0.25) is 10.1 Å². The van der Waals surface area contributed by atoms with Gasteiger partial charge in [0.05, 0.1) is 19.1 Å². The van der Waals surface area contributed by atoms with Crippen LogP contribution in [0, 0.1) is 11.3 Å². The van der Waals surface area contributed by atoms with Gasteiger partial charge in [0.15, 0.2) is 5.58 Å². The predicted molar refractivity (Wildman–Crippen MR) is 119 cm³/mol. The minimum atomic E-state index is -0.417. The van der Waals surface area contributed by atoms with Crippen molar-refractivity contribution in [3.8, 4) is 5.75 Å².